The quantitative estimate of drug-likeness (QED) is 0.634. The molecule has 12 heavy (non-hydrogen) atoms. The van der Waals surface area contributed by atoms with Crippen molar-refractivity contribution in [1.82, 2.24) is 0 Å². The molecule has 1 saturated carbocycles. The van der Waals surface area contributed by atoms with Gasteiger partial charge in [-0.25, -0.2) is 0 Å². The summed E-state index contributed by atoms with van der Waals surface area (Å²) in [6, 6.07) is 0. The fraction of sp³-hybridized carbons (Fsp3) is 1.00. The van der Waals surface area contributed by atoms with Crippen LogP contribution in [0.4, 0.5) is 0 Å². The van der Waals surface area contributed by atoms with Crippen LogP contribution in [0.15, 0.2) is 0 Å². The van der Waals surface area contributed by atoms with E-state index < -0.39 is 0 Å². The molecular formula is C11H21Br. The summed E-state index contributed by atoms with van der Waals surface area (Å²) in [7, 11) is 0. The van der Waals surface area contributed by atoms with Crippen molar-refractivity contribution in [2.75, 3.05) is 0 Å². The van der Waals surface area contributed by atoms with E-state index in [0.717, 1.165) is 10.7 Å². The van der Waals surface area contributed by atoms with Crippen LogP contribution in [0.3, 0.4) is 0 Å². The second-order valence-corrected chi connectivity index (χ2v) is 5.97. The highest BCUT2D eigenvalue weighted by Gasteiger charge is 2.37. The summed E-state index contributed by atoms with van der Waals surface area (Å²) in [4.78, 5) is 0.764. The first kappa shape index (κ1) is 10.6. The van der Waals surface area contributed by atoms with Gasteiger partial charge in [0.25, 0.3) is 0 Å². The Morgan fingerprint density at radius 2 is 2.17 bits per heavy atom. The second kappa shape index (κ2) is 4.13. The first-order chi connectivity index (χ1) is 5.58. The average molecular weight is 233 g/mol. The fourth-order valence-corrected chi connectivity index (χ4v) is 3.94. The molecule has 0 bridgehead atoms. The molecule has 2 atom stereocenters. The van der Waals surface area contributed by atoms with Gasteiger partial charge in [0.05, 0.1) is 0 Å². The fourth-order valence-electron chi connectivity index (χ4n) is 2.50. The number of halogens is 1. The third-order valence-corrected chi connectivity index (χ3v) is 4.44. The molecule has 2 unspecified atom stereocenters. The third-order valence-electron chi connectivity index (χ3n) is 3.34. The van der Waals surface area contributed by atoms with Crippen LogP contribution in [-0.2, 0) is 0 Å². The zero-order valence-electron chi connectivity index (χ0n) is 8.57. The second-order valence-electron chi connectivity index (χ2n) is 4.79. The molecule has 0 heterocycles. The van der Waals surface area contributed by atoms with Crippen molar-refractivity contribution in [3.8, 4) is 0 Å². The highest BCUT2D eigenvalue weighted by Crippen LogP contribution is 2.47. The molecule has 0 amide bonds. The van der Waals surface area contributed by atoms with Crippen LogP contribution < -0.4 is 0 Å². The Morgan fingerprint density at radius 1 is 1.50 bits per heavy atom. The Morgan fingerprint density at radius 3 is 2.58 bits per heavy atom. The van der Waals surface area contributed by atoms with E-state index in [9.17, 15) is 0 Å². The SMILES string of the molecule is CCCC(Br)C1CCCC1(C)C. The van der Waals surface area contributed by atoms with Gasteiger partial charge in [-0.05, 0) is 30.6 Å². The first-order valence-corrected chi connectivity index (χ1v) is 6.13. The molecule has 0 saturated heterocycles. The van der Waals surface area contributed by atoms with Gasteiger partial charge in [-0.3, -0.25) is 0 Å². The van der Waals surface area contributed by atoms with Crippen molar-refractivity contribution >= 4 is 15.9 Å². The zero-order valence-corrected chi connectivity index (χ0v) is 10.2. The largest absolute Gasteiger partial charge is 0.0887 e. The van der Waals surface area contributed by atoms with Crippen LogP contribution in [0.2, 0.25) is 0 Å². The topological polar surface area (TPSA) is 0 Å². The summed E-state index contributed by atoms with van der Waals surface area (Å²) >= 11 is 3.84. The lowest BCUT2D eigenvalue weighted by Gasteiger charge is -2.30. The van der Waals surface area contributed by atoms with Crippen LogP contribution in [0.25, 0.3) is 0 Å². The van der Waals surface area contributed by atoms with Crippen molar-refractivity contribution in [3.05, 3.63) is 0 Å². The standard InChI is InChI=1S/C11H21Br/c1-4-6-10(12)9-7-5-8-11(9,2)3/h9-10H,4-8H2,1-3H3. The Hall–Kier alpha value is 0.480. The lowest BCUT2D eigenvalue weighted by Crippen LogP contribution is -2.25. The van der Waals surface area contributed by atoms with Crippen LogP contribution in [-0.4, -0.2) is 4.83 Å². The smallest absolute Gasteiger partial charge is 0.0179 e. The molecule has 0 nitrogen and oxygen atoms in total. The predicted molar refractivity (Wildman–Crippen MR) is 58.7 cm³/mol. The molecule has 0 N–H and O–H groups in total. The minimum Gasteiger partial charge on any atom is -0.0887 e. The molecule has 1 aliphatic rings. The van der Waals surface area contributed by atoms with E-state index in [4.69, 9.17) is 0 Å². The highest BCUT2D eigenvalue weighted by molar-refractivity contribution is 9.09. The Labute approximate surface area is 85.3 Å². The van der Waals surface area contributed by atoms with Gasteiger partial charge in [-0.1, -0.05) is 49.5 Å². The summed E-state index contributed by atoms with van der Waals surface area (Å²) in [6.45, 7) is 7.12. The van der Waals surface area contributed by atoms with Gasteiger partial charge in [-0.15, -0.1) is 0 Å². The number of hydrogen-bond acceptors (Lipinski definition) is 0. The van der Waals surface area contributed by atoms with Gasteiger partial charge in [0.2, 0.25) is 0 Å². The Bertz CT molecular complexity index is 140. The van der Waals surface area contributed by atoms with Crippen LogP contribution in [0.1, 0.15) is 52.9 Å². The van der Waals surface area contributed by atoms with E-state index in [1.165, 1.54) is 32.1 Å². The number of alkyl halides is 1. The summed E-state index contributed by atoms with van der Waals surface area (Å²) in [5.74, 6) is 0.914. The zero-order chi connectivity index (χ0) is 9.19. The van der Waals surface area contributed by atoms with Gasteiger partial charge in [0, 0.05) is 4.83 Å². The van der Waals surface area contributed by atoms with Crippen molar-refractivity contribution in [1.29, 1.82) is 0 Å². The van der Waals surface area contributed by atoms with E-state index in [2.05, 4.69) is 36.7 Å². The molecule has 1 fully saturated rings. The maximum atomic E-state index is 3.84. The van der Waals surface area contributed by atoms with Gasteiger partial charge in [0.1, 0.15) is 0 Å². The average Bonchev–Trinajstić information content (AvgIpc) is 2.30. The molecule has 0 spiro atoms. The number of hydrogen-bond donors (Lipinski definition) is 0. The van der Waals surface area contributed by atoms with Crippen molar-refractivity contribution in [3.63, 3.8) is 0 Å². The molecule has 0 aromatic heterocycles. The molecule has 0 aromatic carbocycles. The monoisotopic (exact) mass is 232 g/mol. The molecule has 1 aliphatic carbocycles. The minimum atomic E-state index is 0.587. The van der Waals surface area contributed by atoms with Gasteiger partial charge < -0.3 is 0 Å². The number of rotatable bonds is 3. The maximum Gasteiger partial charge on any atom is 0.0179 e. The lowest BCUT2D eigenvalue weighted by molar-refractivity contribution is 0.251. The van der Waals surface area contributed by atoms with Gasteiger partial charge >= 0.3 is 0 Å². The van der Waals surface area contributed by atoms with Crippen molar-refractivity contribution in [2.24, 2.45) is 11.3 Å². The molecule has 0 aliphatic heterocycles. The van der Waals surface area contributed by atoms with E-state index in [1.54, 1.807) is 0 Å². The highest BCUT2D eigenvalue weighted by atomic mass is 79.9. The molecule has 0 radical (unpaired) electrons. The molecular weight excluding hydrogens is 212 g/mol. The molecule has 72 valence electrons. The summed E-state index contributed by atoms with van der Waals surface area (Å²) in [5, 5.41) is 0. The Kier molecular flexibility index (Phi) is 3.63. The Balaban J connectivity index is 2.50. The normalized spacial score (nSPS) is 30.5. The minimum absolute atomic E-state index is 0.587. The molecule has 1 heteroatoms. The summed E-state index contributed by atoms with van der Waals surface area (Å²) < 4.78 is 0. The van der Waals surface area contributed by atoms with E-state index in [-0.39, 0.29) is 0 Å². The first-order valence-electron chi connectivity index (χ1n) is 5.22. The van der Waals surface area contributed by atoms with Gasteiger partial charge in [0.15, 0.2) is 0 Å². The molecule has 0 aromatic rings. The third kappa shape index (κ3) is 2.25. The van der Waals surface area contributed by atoms with Crippen LogP contribution >= 0.6 is 15.9 Å². The van der Waals surface area contributed by atoms with Crippen molar-refractivity contribution < 1.29 is 0 Å². The summed E-state index contributed by atoms with van der Waals surface area (Å²) in [6.07, 6.45) is 6.94. The van der Waals surface area contributed by atoms with Crippen LogP contribution in [0, 0.1) is 11.3 Å². The van der Waals surface area contributed by atoms with E-state index in [0.29, 0.717) is 5.41 Å². The maximum absolute atomic E-state index is 3.84. The van der Waals surface area contributed by atoms with Crippen molar-refractivity contribution in [2.45, 2.75) is 57.7 Å². The van der Waals surface area contributed by atoms with Crippen LogP contribution in [0.5, 0.6) is 0 Å². The molecule has 1 rings (SSSR count). The summed E-state index contributed by atoms with van der Waals surface area (Å²) in [5.41, 5.74) is 0.587. The van der Waals surface area contributed by atoms with E-state index >= 15 is 0 Å². The predicted octanol–water partition coefficient (Wildman–Crippen LogP) is 4.38. The lowest BCUT2D eigenvalue weighted by atomic mass is 9.79. The van der Waals surface area contributed by atoms with E-state index in [1.807, 2.05) is 0 Å². The van der Waals surface area contributed by atoms with Gasteiger partial charge in [-0.2, -0.15) is 0 Å².